The number of hydrogen-bond donors (Lipinski definition) is 1. The lowest BCUT2D eigenvalue weighted by molar-refractivity contribution is 0.102. The zero-order chi connectivity index (χ0) is 19.0. The first kappa shape index (κ1) is 17.9. The topological polar surface area (TPSA) is 73.2 Å². The molecule has 1 amide bonds. The summed E-state index contributed by atoms with van der Waals surface area (Å²) in [6, 6.07) is 14.6. The summed E-state index contributed by atoms with van der Waals surface area (Å²) in [5, 5.41) is 7.55. The van der Waals surface area contributed by atoms with Gasteiger partial charge in [-0.15, -0.1) is 0 Å². The van der Waals surface area contributed by atoms with Gasteiger partial charge in [0.1, 0.15) is 11.6 Å². The van der Waals surface area contributed by atoms with Crippen LogP contribution in [0.5, 0.6) is 5.75 Å². The molecule has 0 bridgehead atoms. The summed E-state index contributed by atoms with van der Waals surface area (Å²) in [6.07, 6.45) is 0. The molecule has 138 valence electrons. The number of amides is 1. The number of benzene rings is 2. The number of rotatable bonds is 4. The molecule has 4 rings (SSSR count). The van der Waals surface area contributed by atoms with Crippen LogP contribution in [0.3, 0.4) is 0 Å². The maximum absolute atomic E-state index is 12.8. The number of carbonyl (C=O) groups is 1. The van der Waals surface area contributed by atoms with E-state index in [4.69, 9.17) is 4.74 Å². The highest BCUT2D eigenvalue weighted by Gasteiger charge is 2.28. The Hall–Kier alpha value is -2.45. The first-order valence-electron chi connectivity index (χ1n) is 8.22. The van der Waals surface area contributed by atoms with Gasteiger partial charge in [0.05, 0.1) is 30.0 Å². The zero-order valence-corrected chi connectivity index (χ0v) is 16.8. The number of hydrogen-bond acceptors (Lipinski definition) is 4. The second kappa shape index (κ2) is 7.28. The highest BCUT2D eigenvalue weighted by molar-refractivity contribution is 9.10. The minimum absolute atomic E-state index is 0.244. The normalized spacial score (nSPS) is 15.4. The van der Waals surface area contributed by atoms with Gasteiger partial charge >= 0.3 is 0 Å². The summed E-state index contributed by atoms with van der Waals surface area (Å²) in [7, 11) is 0.622. The highest BCUT2D eigenvalue weighted by atomic mass is 79.9. The lowest BCUT2D eigenvalue weighted by Gasteiger charge is -2.12. The van der Waals surface area contributed by atoms with Crippen molar-refractivity contribution < 1.29 is 13.7 Å². The van der Waals surface area contributed by atoms with Crippen LogP contribution in [0.15, 0.2) is 53.0 Å². The number of carbonyl (C=O) groups excluding carboxylic acids is 1. The second-order valence-electron chi connectivity index (χ2n) is 6.08. The third-order valence-electron chi connectivity index (χ3n) is 4.31. The Bertz CT molecular complexity index is 1050. The first-order valence-corrected chi connectivity index (χ1v) is 10.5. The number of fused-ring (bicyclic) bond motifs is 1. The van der Waals surface area contributed by atoms with Crippen LogP contribution < -0.4 is 10.1 Å². The van der Waals surface area contributed by atoms with Crippen molar-refractivity contribution in [2.75, 3.05) is 12.4 Å². The molecule has 0 radical (unpaired) electrons. The minimum atomic E-state index is -0.986. The minimum Gasteiger partial charge on any atom is -0.497 e. The molecule has 0 saturated heterocycles. The number of anilines is 1. The van der Waals surface area contributed by atoms with Gasteiger partial charge in [0, 0.05) is 26.4 Å². The molecular formula is C19H16BrN3O3S. The monoisotopic (exact) mass is 445 g/mol. The van der Waals surface area contributed by atoms with Crippen LogP contribution in [0.2, 0.25) is 0 Å². The zero-order valence-electron chi connectivity index (χ0n) is 14.4. The van der Waals surface area contributed by atoms with Crippen molar-refractivity contribution in [1.82, 2.24) is 9.78 Å². The summed E-state index contributed by atoms with van der Waals surface area (Å²) >= 11 is 3.38. The van der Waals surface area contributed by atoms with Gasteiger partial charge in [0.15, 0.2) is 0 Å². The van der Waals surface area contributed by atoms with E-state index < -0.39 is 10.8 Å². The predicted molar refractivity (Wildman–Crippen MR) is 108 cm³/mol. The largest absolute Gasteiger partial charge is 0.497 e. The van der Waals surface area contributed by atoms with E-state index in [1.807, 2.05) is 30.3 Å². The van der Waals surface area contributed by atoms with E-state index in [-0.39, 0.29) is 5.91 Å². The van der Waals surface area contributed by atoms with E-state index in [9.17, 15) is 9.00 Å². The maximum atomic E-state index is 12.8. The average Bonchev–Trinajstić information content (AvgIpc) is 3.19. The van der Waals surface area contributed by atoms with Crippen molar-refractivity contribution >= 4 is 38.5 Å². The van der Waals surface area contributed by atoms with Gasteiger partial charge in [-0.3, -0.25) is 9.00 Å². The Morgan fingerprint density at radius 3 is 2.70 bits per heavy atom. The van der Waals surface area contributed by atoms with Crippen molar-refractivity contribution in [3.05, 3.63) is 69.8 Å². The summed E-state index contributed by atoms with van der Waals surface area (Å²) < 4.78 is 19.7. The quantitative estimate of drug-likeness (QED) is 0.664. The van der Waals surface area contributed by atoms with E-state index in [0.717, 1.165) is 27.2 Å². The van der Waals surface area contributed by atoms with Gasteiger partial charge < -0.3 is 10.1 Å². The third kappa shape index (κ3) is 3.54. The van der Waals surface area contributed by atoms with E-state index in [1.165, 1.54) is 0 Å². The van der Waals surface area contributed by atoms with Crippen LogP contribution in [0, 0.1) is 0 Å². The summed E-state index contributed by atoms with van der Waals surface area (Å²) in [5.41, 5.74) is 2.90. The van der Waals surface area contributed by atoms with Gasteiger partial charge in [-0.25, -0.2) is 4.68 Å². The standard InChI is InChI=1S/C19H16BrN3O3S/c1-26-15-7-5-14(6-8-15)23-18(16-10-27(25)11-17(16)22-23)21-19(24)12-3-2-4-13(20)9-12/h2-9H,10-11H2,1H3,(H,21,24)/t27-/m1/s1. The smallest absolute Gasteiger partial charge is 0.256 e. The summed E-state index contributed by atoms with van der Waals surface area (Å²) in [4.78, 5) is 12.8. The van der Waals surface area contributed by atoms with Crippen LogP contribution in [-0.2, 0) is 22.3 Å². The molecule has 1 aliphatic rings. The van der Waals surface area contributed by atoms with E-state index in [2.05, 4.69) is 26.3 Å². The number of nitrogens with one attached hydrogen (secondary N) is 1. The van der Waals surface area contributed by atoms with E-state index in [0.29, 0.717) is 22.9 Å². The Kier molecular flexibility index (Phi) is 4.84. The molecule has 1 aromatic heterocycles. The van der Waals surface area contributed by atoms with Crippen molar-refractivity contribution in [3.8, 4) is 11.4 Å². The number of methoxy groups -OCH3 is 1. The first-order chi connectivity index (χ1) is 13.0. The van der Waals surface area contributed by atoms with E-state index in [1.54, 1.807) is 30.0 Å². The molecule has 2 heterocycles. The SMILES string of the molecule is COc1ccc(-n2nc3c(c2NC(=O)c2cccc(Br)c2)C[S@@](=O)C3)cc1. The number of aromatic nitrogens is 2. The number of nitrogens with zero attached hydrogens (tertiary/aromatic N) is 2. The van der Waals surface area contributed by atoms with Gasteiger partial charge in [-0.1, -0.05) is 22.0 Å². The average molecular weight is 446 g/mol. The lowest BCUT2D eigenvalue weighted by atomic mass is 10.2. The van der Waals surface area contributed by atoms with E-state index >= 15 is 0 Å². The molecule has 27 heavy (non-hydrogen) atoms. The third-order valence-corrected chi connectivity index (χ3v) is 6.00. The Balaban J connectivity index is 1.74. The molecule has 0 saturated carbocycles. The molecule has 0 fully saturated rings. The molecule has 6 nitrogen and oxygen atoms in total. The van der Waals surface area contributed by atoms with Gasteiger partial charge in [0.25, 0.3) is 5.91 Å². The Labute approximate surface area is 167 Å². The number of ether oxygens (including phenoxy) is 1. The fourth-order valence-electron chi connectivity index (χ4n) is 2.98. The second-order valence-corrected chi connectivity index (χ2v) is 8.45. The predicted octanol–water partition coefficient (Wildman–Crippen LogP) is 3.66. The molecule has 0 unspecified atom stereocenters. The van der Waals surface area contributed by atoms with Crippen LogP contribution >= 0.6 is 15.9 Å². The summed E-state index contributed by atoms with van der Waals surface area (Å²) in [5.74, 6) is 1.84. The highest BCUT2D eigenvalue weighted by Crippen LogP contribution is 2.32. The van der Waals surface area contributed by atoms with Crippen LogP contribution in [0.25, 0.3) is 5.69 Å². The lowest BCUT2D eigenvalue weighted by Crippen LogP contribution is -2.16. The van der Waals surface area contributed by atoms with Crippen molar-refractivity contribution in [2.45, 2.75) is 11.5 Å². The van der Waals surface area contributed by atoms with Crippen molar-refractivity contribution in [3.63, 3.8) is 0 Å². The molecule has 0 spiro atoms. The fourth-order valence-corrected chi connectivity index (χ4v) is 4.64. The molecule has 2 aromatic carbocycles. The molecule has 1 aliphatic heterocycles. The maximum Gasteiger partial charge on any atom is 0.256 e. The summed E-state index contributed by atoms with van der Waals surface area (Å²) in [6.45, 7) is 0. The Morgan fingerprint density at radius 2 is 2.00 bits per heavy atom. The van der Waals surface area contributed by atoms with Gasteiger partial charge in [0.2, 0.25) is 0 Å². The van der Waals surface area contributed by atoms with Gasteiger partial charge in [-0.05, 0) is 42.5 Å². The van der Waals surface area contributed by atoms with Crippen molar-refractivity contribution in [2.24, 2.45) is 0 Å². The van der Waals surface area contributed by atoms with Crippen LogP contribution in [0.1, 0.15) is 21.6 Å². The fraction of sp³-hybridized carbons (Fsp3) is 0.158. The van der Waals surface area contributed by atoms with Crippen LogP contribution in [-0.4, -0.2) is 27.0 Å². The molecule has 8 heteroatoms. The van der Waals surface area contributed by atoms with Crippen molar-refractivity contribution in [1.29, 1.82) is 0 Å². The molecule has 1 atom stereocenters. The number of halogens is 1. The van der Waals surface area contributed by atoms with Gasteiger partial charge in [-0.2, -0.15) is 5.10 Å². The molecular weight excluding hydrogens is 430 g/mol. The molecule has 1 N–H and O–H groups in total. The molecule has 3 aromatic rings. The van der Waals surface area contributed by atoms with Crippen LogP contribution in [0.4, 0.5) is 5.82 Å². The molecule has 0 aliphatic carbocycles. The Morgan fingerprint density at radius 1 is 1.22 bits per heavy atom.